The molecule has 1 aliphatic heterocycles. The van der Waals surface area contributed by atoms with Crippen molar-refractivity contribution in [2.45, 2.75) is 89.7 Å². The van der Waals surface area contributed by atoms with Crippen molar-refractivity contribution in [3.05, 3.63) is 101 Å². The molecule has 0 aromatic heterocycles. The van der Waals surface area contributed by atoms with Gasteiger partial charge in [-0.25, -0.2) is 4.79 Å². The van der Waals surface area contributed by atoms with Crippen LogP contribution in [0.25, 0.3) is 0 Å². The molecule has 0 bridgehead atoms. The highest BCUT2D eigenvalue weighted by molar-refractivity contribution is 5.80. The molecule has 2 amide bonds. The normalized spacial score (nSPS) is 19.0. The summed E-state index contributed by atoms with van der Waals surface area (Å²) in [4.78, 5) is 31.8. The van der Waals surface area contributed by atoms with Gasteiger partial charge in [0.05, 0.1) is 37.5 Å². The number of ether oxygens (including phenoxy) is 3. The molecule has 3 N–H and O–H groups in total. The van der Waals surface area contributed by atoms with E-state index in [1.54, 1.807) is 4.90 Å². The van der Waals surface area contributed by atoms with E-state index in [0.29, 0.717) is 45.3 Å². The number of fused-ring (bicyclic) bond motifs is 1. The Morgan fingerprint density at radius 1 is 0.923 bits per heavy atom. The van der Waals surface area contributed by atoms with E-state index < -0.39 is 36.3 Å². The van der Waals surface area contributed by atoms with Crippen LogP contribution in [-0.2, 0) is 33.5 Å². The van der Waals surface area contributed by atoms with E-state index >= 15 is 0 Å². The topological polar surface area (TPSA) is 121 Å². The lowest BCUT2D eigenvalue weighted by molar-refractivity contribution is -0.128. The minimum Gasteiger partial charge on any atom is -0.492 e. The largest absolute Gasteiger partial charge is 0.492 e. The summed E-state index contributed by atoms with van der Waals surface area (Å²) in [6, 6.07) is 24.1. The van der Waals surface area contributed by atoms with Crippen LogP contribution in [0.4, 0.5) is 4.79 Å². The van der Waals surface area contributed by atoms with Crippen LogP contribution in [-0.4, -0.2) is 102 Å². The number of hydrogen-bond donors (Lipinski definition) is 3. The van der Waals surface area contributed by atoms with Crippen molar-refractivity contribution in [1.82, 2.24) is 15.1 Å². The van der Waals surface area contributed by atoms with Crippen molar-refractivity contribution in [1.29, 1.82) is 0 Å². The Balaban J connectivity index is 1.35. The number of carbonyl (C=O) groups excluding carboxylic acids is 2. The summed E-state index contributed by atoms with van der Waals surface area (Å²) >= 11 is 0. The van der Waals surface area contributed by atoms with E-state index in [-0.39, 0.29) is 18.4 Å². The maximum Gasteiger partial charge on any atom is 0.410 e. The first-order chi connectivity index (χ1) is 25.3. The molecule has 1 aliphatic carbocycles. The van der Waals surface area contributed by atoms with Crippen LogP contribution in [0.5, 0.6) is 5.75 Å². The fourth-order valence-electron chi connectivity index (χ4n) is 7.35. The molecule has 10 heteroatoms. The number of morpholine rings is 1. The summed E-state index contributed by atoms with van der Waals surface area (Å²) in [6.45, 7) is 10.9. The van der Waals surface area contributed by atoms with Crippen LogP contribution < -0.4 is 10.1 Å². The van der Waals surface area contributed by atoms with Gasteiger partial charge in [0.1, 0.15) is 18.5 Å². The number of nitrogens with one attached hydrogen (secondary N) is 1. The van der Waals surface area contributed by atoms with E-state index in [1.165, 1.54) is 0 Å². The quantitative estimate of drug-likeness (QED) is 0.162. The highest BCUT2D eigenvalue weighted by atomic mass is 16.6. The van der Waals surface area contributed by atoms with E-state index in [4.69, 9.17) is 14.2 Å². The Morgan fingerprint density at radius 3 is 2.29 bits per heavy atom. The lowest BCUT2D eigenvalue weighted by atomic mass is 9.87. The van der Waals surface area contributed by atoms with Crippen molar-refractivity contribution < 1.29 is 34.0 Å². The summed E-state index contributed by atoms with van der Waals surface area (Å²) < 4.78 is 17.3. The molecule has 1 fully saturated rings. The monoisotopic (exact) mass is 715 g/mol. The molecule has 282 valence electrons. The molecule has 3 aromatic rings. The molecule has 3 unspecified atom stereocenters. The summed E-state index contributed by atoms with van der Waals surface area (Å²) in [6.07, 6.45) is 0.218. The van der Waals surface area contributed by atoms with Gasteiger partial charge in [0, 0.05) is 38.5 Å². The standard InChI is InChI=1S/C42H57N3O7/c1-4-34(5-2)52-42(49)45(6-3)37(27-30-12-8-7-9-13-30)38(46)29-33(41(48)43-40-36-15-11-10-14-32(36)28-39(40)47)26-31-16-18-35(19-17-31)51-25-22-44-20-23-50-24-21-44/h7-19,33-34,37-40,46-47H,4-6,20-29H2,1-3H3,(H,43,48)/t33?,37?,38?,39-,40-/m0/s1. The Labute approximate surface area is 309 Å². The second kappa shape index (κ2) is 19.8. The Hall–Kier alpha value is -3.96. The van der Waals surface area contributed by atoms with Gasteiger partial charge in [0.15, 0.2) is 0 Å². The number of benzene rings is 3. The lowest BCUT2D eigenvalue weighted by Crippen LogP contribution is -2.50. The van der Waals surface area contributed by atoms with E-state index in [9.17, 15) is 19.8 Å². The van der Waals surface area contributed by atoms with Crippen LogP contribution in [0.3, 0.4) is 0 Å². The zero-order valence-electron chi connectivity index (χ0n) is 31.0. The minimum atomic E-state index is -1.05. The smallest absolute Gasteiger partial charge is 0.410 e. The van der Waals surface area contributed by atoms with Gasteiger partial charge in [-0.05, 0) is 73.4 Å². The Bertz CT molecular complexity index is 1530. The SMILES string of the molecule is CCC(CC)OC(=O)N(CC)C(Cc1ccccc1)C(O)CC(Cc1ccc(OCCN2CCOCC2)cc1)C(=O)N[C@H]1c2ccccc2C[C@@H]1O. The summed E-state index contributed by atoms with van der Waals surface area (Å²) in [5.74, 6) is -0.164. The highest BCUT2D eigenvalue weighted by Crippen LogP contribution is 2.32. The number of rotatable bonds is 18. The molecule has 0 spiro atoms. The predicted molar refractivity (Wildman–Crippen MR) is 201 cm³/mol. The molecule has 1 saturated heterocycles. The highest BCUT2D eigenvalue weighted by Gasteiger charge is 2.37. The molecule has 5 atom stereocenters. The number of hydrogen-bond acceptors (Lipinski definition) is 8. The first kappa shape index (κ1) is 39.3. The Kier molecular flexibility index (Phi) is 14.9. The molecule has 0 radical (unpaired) electrons. The first-order valence-electron chi connectivity index (χ1n) is 19.1. The molecule has 0 saturated carbocycles. The van der Waals surface area contributed by atoms with Crippen LogP contribution >= 0.6 is 0 Å². The van der Waals surface area contributed by atoms with Crippen molar-refractivity contribution >= 4 is 12.0 Å². The second-order valence-corrected chi connectivity index (χ2v) is 14.0. The van der Waals surface area contributed by atoms with E-state index in [1.807, 2.05) is 99.6 Å². The average molecular weight is 716 g/mol. The molecular formula is C42H57N3O7. The number of aliphatic hydroxyl groups excluding tert-OH is 2. The van der Waals surface area contributed by atoms with E-state index in [0.717, 1.165) is 60.9 Å². The van der Waals surface area contributed by atoms with Gasteiger partial charge in [-0.2, -0.15) is 0 Å². The molecule has 52 heavy (non-hydrogen) atoms. The maximum absolute atomic E-state index is 14.3. The van der Waals surface area contributed by atoms with Gasteiger partial charge in [0.25, 0.3) is 0 Å². The molecule has 10 nitrogen and oxygen atoms in total. The molecule has 5 rings (SSSR count). The van der Waals surface area contributed by atoms with Crippen molar-refractivity contribution in [2.75, 3.05) is 46.0 Å². The fraction of sp³-hybridized carbons (Fsp3) is 0.524. The molecular weight excluding hydrogens is 658 g/mol. The molecule has 3 aromatic carbocycles. The zero-order chi connectivity index (χ0) is 36.9. The van der Waals surface area contributed by atoms with Gasteiger partial charge in [-0.3, -0.25) is 9.69 Å². The van der Waals surface area contributed by atoms with Crippen molar-refractivity contribution in [3.63, 3.8) is 0 Å². The third-order valence-electron chi connectivity index (χ3n) is 10.5. The minimum absolute atomic E-state index is 0.0976. The van der Waals surface area contributed by atoms with Gasteiger partial charge in [0.2, 0.25) is 5.91 Å². The van der Waals surface area contributed by atoms with Gasteiger partial charge in [-0.15, -0.1) is 0 Å². The van der Waals surface area contributed by atoms with Gasteiger partial charge >= 0.3 is 6.09 Å². The number of carbonyl (C=O) groups is 2. The molecule has 1 heterocycles. The maximum atomic E-state index is 14.3. The number of aliphatic hydroxyl groups is 2. The van der Waals surface area contributed by atoms with Crippen LogP contribution in [0.15, 0.2) is 78.9 Å². The lowest BCUT2D eigenvalue weighted by Gasteiger charge is -2.36. The van der Waals surface area contributed by atoms with Crippen molar-refractivity contribution in [2.24, 2.45) is 5.92 Å². The average Bonchev–Trinajstić information content (AvgIpc) is 3.48. The molecule has 2 aliphatic rings. The van der Waals surface area contributed by atoms with Crippen molar-refractivity contribution in [3.8, 4) is 5.75 Å². The van der Waals surface area contributed by atoms with Crippen LogP contribution in [0.2, 0.25) is 0 Å². The van der Waals surface area contributed by atoms with Gasteiger partial charge in [-0.1, -0.05) is 80.6 Å². The van der Waals surface area contributed by atoms with E-state index in [2.05, 4.69) is 10.2 Å². The zero-order valence-corrected chi connectivity index (χ0v) is 31.0. The third-order valence-corrected chi connectivity index (χ3v) is 10.5. The number of nitrogens with zero attached hydrogens (tertiary/aromatic N) is 2. The summed E-state index contributed by atoms with van der Waals surface area (Å²) in [5, 5.41) is 26.2. The third kappa shape index (κ3) is 10.8. The van der Waals surface area contributed by atoms with Gasteiger partial charge < -0.3 is 34.6 Å². The summed E-state index contributed by atoms with van der Waals surface area (Å²) in [7, 11) is 0. The number of amides is 2. The Morgan fingerprint density at radius 2 is 1.60 bits per heavy atom. The number of likely N-dealkylation sites (N-methyl/N-ethyl adjacent to an activating group) is 1. The summed E-state index contributed by atoms with van der Waals surface area (Å²) in [5.41, 5.74) is 3.81. The van der Waals surface area contributed by atoms with Crippen LogP contribution in [0, 0.1) is 5.92 Å². The second-order valence-electron chi connectivity index (χ2n) is 14.0. The van der Waals surface area contributed by atoms with Crippen LogP contribution in [0.1, 0.15) is 68.3 Å². The fourth-order valence-corrected chi connectivity index (χ4v) is 7.35. The predicted octanol–water partition coefficient (Wildman–Crippen LogP) is 5.34. The first-order valence-corrected chi connectivity index (χ1v) is 19.1.